The van der Waals surface area contributed by atoms with E-state index in [-0.39, 0.29) is 11.7 Å². The highest BCUT2D eigenvalue weighted by Gasteiger charge is 2.08. The molecule has 0 saturated carbocycles. The molecule has 1 aromatic heterocycles. The van der Waals surface area contributed by atoms with Crippen LogP contribution in [0.15, 0.2) is 9.72 Å². The van der Waals surface area contributed by atoms with Crippen LogP contribution < -0.4 is 0 Å². The first-order valence-corrected chi connectivity index (χ1v) is 6.03. The van der Waals surface area contributed by atoms with Gasteiger partial charge in [-0.05, 0) is 6.92 Å². The van der Waals surface area contributed by atoms with Crippen molar-refractivity contribution in [2.24, 2.45) is 5.92 Å². The highest BCUT2D eigenvalue weighted by atomic mass is 32.2. The van der Waals surface area contributed by atoms with Gasteiger partial charge in [-0.2, -0.15) is 0 Å². The Morgan fingerprint density at radius 2 is 2.38 bits per heavy atom. The maximum atomic E-state index is 11.3. The minimum atomic E-state index is 0.133. The van der Waals surface area contributed by atoms with E-state index in [2.05, 4.69) is 4.98 Å². The summed E-state index contributed by atoms with van der Waals surface area (Å²) in [5, 5.41) is 2.00. The van der Waals surface area contributed by atoms with Gasteiger partial charge in [-0.1, -0.05) is 25.6 Å². The van der Waals surface area contributed by atoms with Crippen LogP contribution in [0.5, 0.6) is 0 Å². The molecule has 0 aliphatic heterocycles. The standard InChI is InChI=1S/C9H13NOS2/c1-6(2)8(11)5-13-9-10-7(3)4-12-9/h4,6H,5H2,1-3H3. The van der Waals surface area contributed by atoms with Crippen LogP contribution in [-0.2, 0) is 4.79 Å². The number of aromatic nitrogens is 1. The fourth-order valence-electron chi connectivity index (χ4n) is 0.698. The van der Waals surface area contributed by atoms with Crippen molar-refractivity contribution in [1.82, 2.24) is 4.98 Å². The molecular formula is C9H13NOS2. The second kappa shape index (κ2) is 4.77. The second-order valence-electron chi connectivity index (χ2n) is 3.16. The molecule has 0 radical (unpaired) electrons. The van der Waals surface area contributed by atoms with Crippen LogP contribution in [-0.4, -0.2) is 16.5 Å². The fourth-order valence-corrected chi connectivity index (χ4v) is 2.62. The monoisotopic (exact) mass is 215 g/mol. The molecular weight excluding hydrogens is 202 g/mol. The van der Waals surface area contributed by atoms with Gasteiger partial charge in [0.05, 0.1) is 5.75 Å². The number of carbonyl (C=O) groups is 1. The van der Waals surface area contributed by atoms with Crippen molar-refractivity contribution < 1.29 is 4.79 Å². The van der Waals surface area contributed by atoms with E-state index in [0.29, 0.717) is 5.75 Å². The summed E-state index contributed by atoms with van der Waals surface area (Å²) in [6.07, 6.45) is 0. The van der Waals surface area contributed by atoms with Crippen molar-refractivity contribution in [2.45, 2.75) is 25.1 Å². The average molecular weight is 215 g/mol. The molecule has 0 fully saturated rings. The van der Waals surface area contributed by atoms with E-state index in [1.807, 2.05) is 26.2 Å². The van der Waals surface area contributed by atoms with Gasteiger partial charge in [-0.3, -0.25) is 4.79 Å². The number of hydrogen-bond donors (Lipinski definition) is 0. The van der Waals surface area contributed by atoms with Crippen LogP contribution in [0, 0.1) is 12.8 Å². The van der Waals surface area contributed by atoms with Crippen molar-refractivity contribution in [1.29, 1.82) is 0 Å². The molecule has 0 spiro atoms. The van der Waals surface area contributed by atoms with Crippen LogP contribution in [0.2, 0.25) is 0 Å². The maximum absolute atomic E-state index is 11.3. The van der Waals surface area contributed by atoms with Gasteiger partial charge in [-0.25, -0.2) is 4.98 Å². The molecule has 1 heterocycles. The Bertz CT molecular complexity index is 294. The van der Waals surface area contributed by atoms with Gasteiger partial charge >= 0.3 is 0 Å². The molecule has 0 N–H and O–H groups in total. The Hall–Kier alpha value is -0.350. The van der Waals surface area contributed by atoms with Crippen molar-refractivity contribution in [3.63, 3.8) is 0 Å². The highest BCUT2D eigenvalue weighted by molar-refractivity contribution is 8.01. The Balaban J connectivity index is 2.39. The maximum Gasteiger partial charge on any atom is 0.150 e. The molecule has 0 amide bonds. The lowest BCUT2D eigenvalue weighted by molar-refractivity contribution is -0.119. The summed E-state index contributed by atoms with van der Waals surface area (Å²) in [4.78, 5) is 15.6. The third kappa shape index (κ3) is 3.48. The predicted molar refractivity (Wildman–Crippen MR) is 57.4 cm³/mol. The summed E-state index contributed by atoms with van der Waals surface area (Å²) in [6.45, 7) is 5.82. The molecule has 0 saturated heterocycles. The number of thiazole rings is 1. The first-order valence-electron chi connectivity index (χ1n) is 4.17. The van der Waals surface area contributed by atoms with Gasteiger partial charge in [0.1, 0.15) is 5.78 Å². The first kappa shape index (κ1) is 10.7. The van der Waals surface area contributed by atoms with Crippen LogP contribution in [0.3, 0.4) is 0 Å². The van der Waals surface area contributed by atoms with Gasteiger partial charge in [0.15, 0.2) is 4.34 Å². The molecule has 13 heavy (non-hydrogen) atoms. The quantitative estimate of drug-likeness (QED) is 0.723. The van der Waals surface area contributed by atoms with Crippen LogP contribution in [0.1, 0.15) is 19.5 Å². The summed E-state index contributed by atoms with van der Waals surface area (Å²) in [6, 6.07) is 0. The Morgan fingerprint density at radius 3 is 2.85 bits per heavy atom. The van der Waals surface area contributed by atoms with E-state index in [1.54, 1.807) is 11.3 Å². The normalized spacial score (nSPS) is 10.8. The van der Waals surface area contributed by atoms with E-state index in [1.165, 1.54) is 11.8 Å². The number of thioether (sulfide) groups is 1. The molecule has 0 bridgehead atoms. The number of rotatable bonds is 4. The summed E-state index contributed by atoms with van der Waals surface area (Å²) >= 11 is 3.14. The van der Waals surface area contributed by atoms with E-state index in [4.69, 9.17) is 0 Å². The van der Waals surface area contributed by atoms with Gasteiger partial charge in [0.2, 0.25) is 0 Å². The summed E-state index contributed by atoms with van der Waals surface area (Å²) in [7, 11) is 0. The van der Waals surface area contributed by atoms with Crippen LogP contribution in [0.4, 0.5) is 0 Å². The molecule has 0 aliphatic carbocycles. The third-order valence-electron chi connectivity index (χ3n) is 1.58. The van der Waals surface area contributed by atoms with Gasteiger partial charge < -0.3 is 0 Å². The average Bonchev–Trinajstić information content (AvgIpc) is 2.47. The number of ketones is 1. The van der Waals surface area contributed by atoms with E-state index in [0.717, 1.165) is 10.0 Å². The lowest BCUT2D eigenvalue weighted by Gasteiger charge is -2.00. The lowest BCUT2D eigenvalue weighted by atomic mass is 10.1. The molecule has 1 rings (SSSR count). The largest absolute Gasteiger partial charge is 0.298 e. The SMILES string of the molecule is Cc1csc(SCC(=O)C(C)C)n1. The highest BCUT2D eigenvalue weighted by Crippen LogP contribution is 2.22. The molecule has 0 aliphatic rings. The van der Waals surface area contributed by atoms with E-state index < -0.39 is 0 Å². The summed E-state index contributed by atoms with van der Waals surface area (Å²) in [5.74, 6) is 0.969. The number of Topliss-reactive ketones (excluding diaryl/α,β-unsaturated/α-hetero) is 1. The number of aryl methyl sites for hydroxylation is 1. The molecule has 0 aromatic carbocycles. The zero-order chi connectivity index (χ0) is 9.84. The van der Waals surface area contributed by atoms with Crippen molar-refractivity contribution in [2.75, 3.05) is 5.75 Å². The van der Waals surface area contributed by atoms with E-state index in [9.17, 15) is 4.79 Å². The smallest absolute Gasteiger partial charge is 0.150 e. The predicted octanol–water partition coefficient (Wildman–Crippen LogP) is 2.77. The molecule has 0 atom stereocenters. The first-order chi connectivity index (χ1) is 6.09. The number of carbonyl (C=O) groups excluding carboxylic acids is 1. The minimum absolute atomic E-state index is 0.133. The summed E-state index contributed by atoms with van der Waals surface area (Å²) < 4.78 is 0.992. The van der Waals surface area contributed by atoms with Gasteiger partial charge in [-0.15, -0.1) is 11.3 Å². The fraction of sp³-hybridized carbons (Fsp3) is 0.556. The molecule has 2 nitrogen and oxygen atoms in total. The Morgan fingerprint density at radius 1 is 1.69 bits per heavy atom. The van der Waals surface area contributed by atoms with Gasteiger partial charge in [0, 0.05) is 17.0 Å². The molecule has 72 valence electrons. The lowest BCUT2D eigenvalue weighted by Crippen LogP contribution is -2.09. The van der Waals surface area contributed by atoms with E-state index >= 15 is 0 Å². The second-order valence-corrected chi connectivity index (χ2v) is 5.25. The zero-order valence-corrected chi connectivity index (χ0v) is 9.67. The Labute approximate surface area is 86.8 Å². The van der Waals surface area contributed by atoms with Crippen molar-refractivity contribution in [3.8, 4) is 0 Å². The topological polar surface area (TPSA) is 30.0 Å². The van der Waals surface area contributed by atoms with Gasteiger partial charge in [0.25, 0.3) is 0 Å². The third-order valence-corrected chi connectivity index (χ3v) is 3.74. The van der Waals surface area contributed by atoms with Crippen molar-refractivity contribution >= 4 is 28.9 Å². The van der Waals surface area contributed by atoms with Crippen molar-refractivity contribution in [3.05, 3.63) is 11.1 Å². The number of hydrogen-bond acceptors (Lipinski definition) is 4. The van der Waals surface area contributed by atoms with Crippen LogP contribution in [0.25, 0.3) is 0 Å². The number of nitrogens with zero attached hydrogens (tertiary/aromatic N) is 1. The minimum Gasteiger partial charge on any atom is -0.298 e. The zero-order valence-electron chi connectivity index (χ0n) is 8.03. The molecule has 0 unspecified atom stereocenters. The molecule has 4 heteroatoms. The summed E-state index contributed by atoms with van der Waals surface area (Å²) in [5.41, 5.74) is 1.03. The molecule has 1 aromatic rings. The van der Waals surface area contributed by atoms with Crippen LogP contribution >= 0.6 is 23.1 Å². The Kier molecular flexibility index (Phi) is 3.93.